The Bertz CT molecular complexity index is 548. The van der Waals surface area contributed by atoms with E-state index in [1.165, 1.54) is 36.5 Å². The van der Waals surface area contributed by atoms with Crippen LogP contribution >= 0.6 is 11.5 Å². The highest BCUT2D eigenvalue weighted by Crippen LogP contribution is 2.34. The number of rotatable bonds is 5. The van der Waals surface area contributed by atoms with Crippen LogP contribution in [0.5, 0.6) is 0 Å². The quantitative estimate of drug-likeness (QED) is 0.838. The van der Waals surface area contributed by atoms with Gasteiger partial charge in [0.2, 0.25) is 5.13 Å². The Morgan fingerprint density at radius 2 is 2.05 bits per heavy atom. The number of hydrogen-bond donors (Lipinski definition) is 0. The zero-order valence-electron chi connectivity index (χ0n) is 10.8. The van der Waals surface area contributed by atoms with Gasteiger partial charge in [0.25, 0.3) is 0 Å². The minimum absolute atomic E-state index is 0.189. The summed E-state index contributed by atoms with van der Waals surface area (Å²) in [5, 5.41) is 0.990. The van der Waals surface area contributed by atoms with Gasteiger partial charge in [0.15, 0.2) is 0 Å². The largest absolute Gasteiger partial charge is 0.340 e. The molecule has 3 rings (SSSR count). The zero-order chi connectivity index (χ0) is 13.2. The van der Waals surface area contributed by atoms with Crippen molar-refractivity contribution >= 4 is 16.7 Å². The molecule has 1 aliphatic rings. The normalized spacial score (nSPS) is 14.6. The second-order valence-corrected chi connectivity index (χ2v) is 5.56. The average molecular weight is 277 g/mol. The van der Waals surface area contributed by atoms with Crippen molar-refractivity contribution in [3.05, 3.63) is 41.5 Å². The summed E-state index contributed by atoms with van der Waals surface area (Å²) in [5.74, 6) is 0.718. The molecule has 0 unspecified atom stereocenters. The molecule has 19 heavy (non-hydrogen) atoms. The van der Waals surface area contributed by atoms with E-state index in [0.717, 1.165) is 29.5 Å². The molecular weight excluding hydrogens is 261 g/mol. The number of nitrogens with zero attached hydrogens (tertiary/aromatic N) is 3. The van der Waals surface area contributed by atoms with Crippen LogP contribution in [0.15, 0.2) is 24.3 Å². The maximum absolute atomic E-state index is 12.9. The van der Waals surface area contributed by atoms with E-state index in [2.05, 4.69) is 21.2 Å². The number of anilines is 1. The van der Waals surface area contributed by atoms with Crippen LogP contribution < -0.4 is 4.90 Å². The molecule has 1 aromatic carbocycles. The number of aromatic nitrogens is 2. The Kier molecular flexibility index (Phi) is 3.46. The van der Waals surface area contributed by atoms with Crippen molar-refractivity contribution in [3.63, 3.8) is 0 Å². The van der Waals surface area contributed by atoms with E-state index in [4.69, 9.17) is 0 Å². The van der Waals surface area contributed by atoms with E-state index >= 15 is 0 Å². The van der Waals surface area contributed by atoms with Crippen molar-refractivity contribution < 1.29 is 4.39 Å². The molecule has 0 aliphatic heterocycles. The second-order valence-electron chi connectivity index (χ2n) is 4.83. The maximum Gasteiger partial charge on any atom is 0.205 e. The first-order chi connectivity index (χ1) is 9.26. The van der Waals surface area contributed by atoms with E-state index in [0.29, 0.717) is 6.04 Å². The van der Waals surface area contributed by atoms with Crippen LogP contribution in [-0.4, -0.2) is 15.4 Å². The molecule has 0 radical (unpaired) electrons. The molecular formula is C14H16FN3S. The summed E-state index contributed by atoms with van der Waals surface area (Å²) in [5.41, 5.74) is 1.11. The number of aryl methyl sites for hydroxylation is 1. The molecule has 0 spiro atoms. The molecule has 1 fully saturated rings. The molecule has 1 heterocycles. The Hall–Kier alpha value is -1.49. The standard InChI is InChI=1S/C14H16FN3S/c1-2-13-16-14(19-17-13)18(12-7-8-12)9-10-3-5-11(15)6-4-10/h3-6,12H,2,7-9H2,1H3. The van der Waals surface area contributed by atoms with Crippen LogP contribution in [0.2, 0.25) is 0 Å². The van der Waals surface area contributed by atoms with Crippen LogP contribution in [0.1, 0.15) is 31.2 Å². The minimum atomic E-state index is -0.189. The van der Waals surface area contributed by atoms with Gasteiger partial charge in [-0.3, -0.25) is 0 Å². The third kappa shape index (κ3) is 2.92. The third-order valence-electron chi connectivity index (χ3n) is 3.27. The molecule has 0 atom stereocenters. The van der Waals surface area contributed by atoms with Crippen molar-refractivity contribution in [1.29, 1.82) is 0 Å². The van der Waals surface area contributed by atoms with Gasteiger partial charge in [0, 0.05) is 30.5 Å². The lowest BCUT2D eigenvalue weighted by atomic mass is 10.2. The van der Waals surface area contributed by atoms with E-state index < -0.39 is 0 Å². The lowest BCUT2D eigenvalue weighted by molar-refractivity contribution is 0.626. The highest BCUT2D eigenvalue weighted by atomic mass is 32.1. The lowest BCUT2D eigenvalue weighted by Crippen LogP contribution is -2.24. The zero-order valence-corrected chi connectivity index (χ0v) is 11.7. The smallest absolute Gasteiger partial charge is 0.205 e. The van der Waals surface area contributed by atoms with E-state index in [-0.39, 0.29) is 5.82 Å². The van der Waals surface area contributed by atoms with Crippen molar-refractivity contribution in [2.75, 3.05) is 4.90 Å². The van der Waals surface area contributed by atoms with Gasteiger partial charge >= 0.3 is 0 Å². The topological polar surface area (TPSA) is 29.0 Å². The van der Waals surface area contributed by atoms with Crippen LogP contribution in [0, 0.1) is 5.82 Å². The van der Waals surface area contributed by atoms with Gasteiger partial charge in [-0.15, -0.1) is 0 Å². The molecule has 0 bridgehead atoms. The number of halogens is 1. The molecule has 1 aromatic heterocycles. The fourth-order valence-electron chi connectivity index (χ4n) is 2.03. The molecule has 0 amide bonds. The first kappa shape index (κ1) is 12.5. The molecule has 0 N–H and O–H groups in total. The summed E-state index contributed by atoms with van der Waals surface area (Å²) in [6, 6.07) is 7.28. The van der Waals surface area contributed by atoms with Gasteiger partial charge < -0.3 is 4.90 Å². The molecule has 1 saturated carbocycles. The monoisotopic (exact) mass is 277 g/mol. The molecule has 2 aromatic rings. The summed E-state index contributed by atoms with van der Waals surface area (Å²) in [6.45, 7) is 2.84. The van der Waals surface area contributed by atoms with Crippen LogP contribution in [0.3, 0.4) is 0 Å². The van der Waals surface area contributed by atoms with Gasteiger partial charge in [-0.05, 0) is 30.5 Å². The van der Waals surface area contributed by atoms with Crippen molar-refractivity contribution in [1.82, 2.24) is 9.36 Å². The predicted molar refractivity (Wildman–Crippen MR) is 74.9 cm³/mol. The Morgan fingerprint density at radius 3 is 2.63 bits per heavy atom. The van der Waals surface area contributed by atoms with Gasteiger partial charge in [-0.25, -0.2) is 9.37 Å². The first-order valence-electron chi connectivity index (χ1n) is 6.60. The van der Waals surface area contributed by atoms with Crippen LogP contribution in [0.25, 0.3) is 0 Å². The van der Waals surface area contributed by atoms with Gasteiger partial charge in [0.1, 0.15) is 11.6 Å². The SMILES string of the molecule is CCc1nsc(N(Cc2ccc(F)cc2)C2CC2)n1. The van der Waals surface area contributed by atoms with E-state index in [1.54, 1.807) is 0 Å². The Morgan fingerprint density at radius 1 is 1.32 bits per heavy atom. The average Bonchev–Trinajstić information content (AvgIpc) is 3.15. The van der Waals surface area contributed by atoms with Gasteiger partial charge in [-0.2, -0.15) is 4.37 Å². The second kappa shape index (κ2) is 5.25. The van der Waals surface area contributed by atoms with Crippen LogP contribution in [0.4, 0.5) is 9.52 Å². The molecule has 0 saturated heterocycles. The third-order valence-corrected chi connectivity index (χ3v) is 4.06. The summed E-state index contributed by atoms with van der Waals surface area (Å²) in [4.78, 5) is 6.86. The maximum atomic E-state index is 12.9. The number of hydrogen-bond acceptors (Lipinski definition) is 4. The predicted octanol–water partition coefficient (Wildman–Crippen LogP) is 3.41. The van der Waals surface area contributed by atoms with E-state index in [9.17, 15) is 4.39 Å². The highest BCUT2D eigenvalue weighted by molar-refractivity contribution is 7.09. The van der Waals surface area contributed by atoms with Crippen molar-refractivity contribution in [2.45, 2.75) is 38.8 Å². The number of benzene rings is 1. The molecule has 100 valence electrons. The first-order valence-corrected chi connectivity index (χ1v) is 7.37. The summed E-state index contributed by atoms with van der Waals surface area (Å²) >= 11 is 1.46. The van der Waals surface area contributed by atoms with Gasteiger partial charge in [0.05, 0.1) is 0 Å². The minimum Gasteiger partial charge on any atom is -0.340 e. The lowest BCUT2D eigenvalue weighted by Gasteiger charge is -2.20. The fraction of sp³-hybridized carbons (Fsp3) is 0.429. The summed E-state index contributed by atoms with van der Waals surface area (Å²) in [7, 11) is 0. The summed E-state index contributed by atoms with van der Waals surface area (Å²) in [6.07, 6.45) is 3.29. The van der Waals surface area contributed by atoms with Crippen molar-refractivity contribution in [2.24, 2.45) is 0 Å². The summed E-state index contributed by atoms with van der Waals surface area (Å²) < 4.78 is 17.3. The fourth-order valence-corrected chi connectivity index (χ4v) is 2.85. The molecule has 5 heteroatoms. The van der Waals surface area contributed by atoms with Crippen LogP contribution in [-0.2, 0) is 13.0 Å². The molecule has 1 aliphatic carbocycles. The van der Waals surface area contributed by atoms with E-state index in [1.807, 2.05) is 12.1 Å². The molecule has 3 nitrogen and oxygen atoms in total. The van der Waals surface area contributed by atoms with Gasteiger partial charge in [-0.1, -0.05) is 19.1 Å². The highest BCUT2D eigenvalue weighted by Gasteiger charge is 2.31. The Labute approximate surface area is 116 Å². The Balaban J connectivity index is 1.79. The van der Waals surface area contributed by atoms with Crippen molar-refractivity contribution in [3.8, 4) is 0 Å².